The Morgan fingerprint density at radius 1 is 1.05 bits per heavy atom. The normalized spacial score (nSPS) is 14.8. The van der Waals surface area contributed by atoms with Crippen molar-refractivity contribution in [2.45, 2.75) is 112 Å². The van der Waals surface area contributed by atoms with Crippen molar-refractivity contribution in [3.63, 3.8) is 0 Å². The quantitative estimate of drug-likeness (QED) is 0.190. The van der Waals surface area contributed by atoms with Crippen LogP contribution < -0.4 is 5.73 Å². The van der Waals surface area contributed by atoms with Crippen molar-refractivity contribution < 1.29 is 23.9 Å². The number of Topliss-reactive ketones (excluding diaryl/α,β-unsaturated/α-hetero) is 3. The summed E-state index contributed by atoms with van der Waals surface area (Å²) in [6.45, 7) is 14.9. The number of piperidine rings is 1. The van der Waals surface area contributed by atoms with Gasteiger partial charge in [0.15, 0.2) is 5.78 Å². The molecule has 2 atom stereocenters. The maximum Gasteiger partial charge on any atom is 0.166 e. The molecule has 242 valence electrons. The van der Waals surface area contributed by atoms with Crippen molar-refractivity contribution in [3.05, 3.63) is 46.8 Å². The summed E-state index contributed by atoms with van der Waals surface area (Å²) in [7, 11) is 4.50. The molecule has 1 aromatic heterocycles. The van der Waals surface area contributed by atoms with Crippen molar-refractivity contribution in [2.75, 3.05) is 18.8 Å². The third kappa shape index (κ3) is 11.9. The van der Waals surface area contributed by atoms with Gasteiger partial charge in [0.1, 0.15) is 23.2 Å². The second-order valence-corrected chi connectivity index (χ2v) is 11.6. The molecule has 1 aliphatic rings. The fraction of sp³-hybridized carbons (Fsp3) is 0.600. The number of hydrogen-bond acceptors (Lipinski definition) is 7. The molecule has 0 bridgehead atoms. The largest absolute Gasteiger partial charge is 0.393 e. The molecule has 1 fully saturated rings. The summed E-state index contributed by atoms with van der Waals surface area (Å²) in [6.07, 6.45) is 5.31. The molecule has 0 saturated carbocycles. The van der Waals surface area contributed by atoms with Crippen LogP contribution in [0.4, 0.5) is 10.2 Å². The number of ketones is 3. The molecular weight excluding hydrogens is 556 g/mol. The average Bonchev–Trinajstić information content (AvgIpc) is 3.02. The van der Waals surface area contributed by atoms with E-state index in [1.54, 1.807) is 25.1 Å². The Bertz CT molecular complexity index is 1210. The molecule has 2 radical (unpaired) electrons. The van der Waals surface area contributed by atoms with Gasteiger partial charge in [-0.3, -0.25) is 19.3 Å². The second kappa shape index (κ2) is 20.2. The molecule has 0 aliphatic carbocycles. The topological polar surface area (TPSA) is 114 Å². The van der Waals surface area contributed by atoms with Crippen LogP contribution >= 0.6 is 0 Å². The Labute approximate surface area is 265 Å². The van der Waals surface area contributed by atoms with Crippen molar-refractivity contribution in [1.82, 2.24) is 9.88 Å². The summed E-state index contributed by atoms with van der Waals surface area (Å²) in [5.74, 6) is 0.349. The minimum atomic E-state index is -0.392. The van der Waals surface area contributed by atoms with Gasteiger partial charge < -0.3 is 10.8 Å². The molecule has 2 aromatic rings. The number of aromatic nitrogens is 1. The summed E-state index contributed by atoms with van der Waals surface area (Å²) in [5, 5.41) is 9.66. The number of halogens is 1. The first-order valence-electron chi connectivity index (χ1n) is 16.0. The Hall–Kier alpha value is -2.91. The number of nitrogens with two attached hydrogens (primary N) is 1. The first kappa shape index (κ1) is 39.1. The second-order valence-electron chi connectivity index (χ2n) is 11.6. The predicted octanol–water partition coefficient (Wildman–Crippen LogP) is 6.78. The van der Waals surface area contributed by atoms with Crippen molar-refractivity contribution in [3.8, 4) is 11.3 Å². The van der Waals surface area contributed by atoms with Crippen molar-refractivity contribution in [2.24, 2.45) is 11.8 Å². The monoisotopic (exact) mass is 609 g/mol. The summed E-state index contributed by atoms with van der Waals surface area (Å²) in [5.41, 5.74) is 8.84. The molecule has 1 aromatic carbocycles. The van der Waals surface area contributed by atoms with Gasteiger partial charge in [-0.05, 0) is 63.1 Å². The minimum absolute atomic E-state index is 0.0192. The first-order chi connectivity index (χ1) is 20.9. The average molecular weight is 610 g/mol. The van der Waals surface area contributed by atoms with E-state index in [2.05, 4.69) is 17.7 Å². The number of aliphatic hydroxyl groups excluding tert-OH is 1. The molecule has 1 saturated heterocycles. The number of aliphatic hydroxyl groups is 1. The van der Waals surface area contributed by atoms with Gasteiger partial charge in [-0.1, -0.05) is 53.6 Å². The zero-order valence-corrected chi connectivity index (χ0v) is 27.9. The number of nitrogens with zero attached hydrogens (tertiary/aromatic N) is 2. The number of anilines is 1. The van der Waals surface area contributed by atoms with E-state index in [1.165, 1.54) is 6.82 Å². The van der Waals surface area contributed by atoms with Crippen LogP contribution in [0.25, 0.3) is 11.3 Å². The van der Waals surface area contributed by atoms with E-state index in [4.69, 9.17) is 5.73 Å². The lowest BCUT2D eigenvalue weighted by Gasteiger charge is -2.29. The fourth-order valence-electron chi connectivity index (χ4n) is 4.94. The Morgan fingerprint density at radius 2 is 1.68 bits per heavy atom. The van der Waals surface area contributed by atoms with Crippen LogP contribution in [-0.2, 0) is 22.6 Å². The third-order valence-corrected chi connectivity index (χ3v) is 8.24. The summed E-state index contributed by atoms with van der Waals surface area (Å²) in [4.78, 5) is 41.2. The highest BCUT2D eigenvalue weighted by molar-refractivity contribution is 6.05. The van der Waals surface area contributed by atoms with Gasteiger partial charge in [0.25, 0.3) is 0 Å². The lowest BCUT2D eigenvalue weighted by atomic mass is 9.90. The van der Waals surface area contributed by atoms with Gasteiger partial charge >= 0.3 is 0 Å². The van der Waals surface area contributed by atoms with E-state index in [-0.39, 0.29) is 35.3 Å². The van der Waals surface area contributed by atoms with Crippen LogP contribution in [-0.4, -0.2) is 59.4 Å². The molecule has 44 heavy (non-hydrogen) atoms. The van der Waals surface area contributed by atoms with Crippen LogP contribution in [0.3, 0.4) is 0 Å². The van der Waals surface area contributed by atoms with E-state index in [0.29, 0.717) is 60.4 Å². The van der Waals surface area contributed by atoms with E-state index in [0.717, 1.165) is 44.3 Å². The van der Waals surface area contributed by atoms with Gasteiger partial charge in [-0.15, -0.1) is 0 Å². The number of pyridine rings is 1. The molecule has 7 nitrogen and oxygen atoms in total. The lowest BCUT2D eigenvalue weighted by Crippen LogP contribution is -2.35. The van der Waals surface area contributed by atoms with Crippen LogP contribution in [0.5, 0.6) is 0 Å². The van der Waals surface area contributed by atoms with E-state index >= 15 is 4.39 Å². The zero-order valence-electron chi connectivity index (χ0n) is 27.9. The smallest absolute Gasteiger partial charge is 0.166 e. The highest BCUT2D eigenvalue weighted by Gasteiger charge is 2.22. The standard InChI is InChI=1S/C24H32FN3O2.C10H18O2.CH3B/c1-4-15(3)23(30)19-7-8-20(22(25)18(19)5-2)21-9-6-16(24(26)27-21)14-28-12-10-17(29)11-13-28;1-4-5-10(12)7-6-8(2)9(3)11;1-2/h6-9,15,17,29H,4-5,10-14H2,1-3H3,(H2,26,27);8H,4-7H2,1-3H3;1H3. The van der Waals surface area contributed by atoms with Gasteiger partial charge in [0.2, 0.25) is 0 Å². The molecular formula is C35H53BFN3O4. The Balaban J connectivity index is 0.000000584. The van der Waals surface area contributed by atoms with Crippen molar-refractivity contribution >= 4 is 31.0 Å². The minimum Gasteiger partial charge on any atom is -0.393 e. The highest BCUT2D eigenvalue weighted by Crippen LogP contribution is 2.30. The molecule has 0 amide bonds. The fourth-order valence-corrected chi connectivity index (χ4v) is 4.94. The number of rotatable bonds is 13. The molecule has 2 unspecified atom stereocenters. The maximum atomic E-state index is 15.3. The van der Waals surface area contributed by atoms with E-state index in [9.17, 15) is 19.5 Å². The van der Waals surface area contributed by atoms with Gasteiger partial charge in [0, 0.05) is 61.0 Å². The number of carbonyl (C=O) groups is 3. The third-order valence-electron chi connectivity index (χ3n) is 8.24. The summed E-state index contributed by atoms with van der Waals surface area (Å²) < 4.78 is 15.3. The van der Waals surface area contributed by atoms with Gasteiger partial charge in [-0.2, -0.15) is 0 Å². The molecule has 3 N–H and O–H groups in total. The summed E-state index contributed by atoms with van der Waals surface area (Å²) >= 11 is 0. The molecule has 0 spiro atoms. The predicted molar refractivity (Wildman–Crippen MR) is 178 cm³/mol. The van der Waals surface area contributed by atoms with Gasteiger partial charge in [-0.25, -0.2) is 9.37 Å². The Morgan fingerprint density at radius 3 is 2.20 bits per heavy atom. The lowest BCUT2D eigenvalue weighted by molar-refractivity contribution is -0.121. The molecule has 3 rings (SSSR count). The van der Waals surface area contributed by atoms with E-state index in [1.807, 2.05) is 40.7 Å². The number of nitrogen functional groups attached to an aromatic ring is 1. The first-order valence-corrected chi connectivity index (χ1v) is 16.0. The SMILES string of the molecule is CCCC(=O)CCC(C)C(C)=O.CCc1c(C(=O)C(C)CC)ccc(-c2ccc(CN3CCC(O)CC3)c(N)n2)c1F.[B]C. The summed E-state index contributed by atoms with van der Waals surface area (Å²) in [6, 6.07) is 7.04. The Kier molecular flexibility index (Phi) is 17.9. The van der Waals surface area contributed by atoms with Crippen LogP contribution in [0.2, 0.25) is 6.82 Å². The van der Waals surface area contributed by atoms with Crippen LogP contribution in [0, 0.1) is 17.7 Å². The molecule has 2 heterocycles. The van der Waals surface area contributed by atoms with Crippen LogP contribution in [0.1, 0.15) is 108 Å². The molecule has 9 heteroatoms. The van der Waals surface area contributed by atoms with Crippen LogP contribution in [0.15, 0.2) is 24.3 Å². The highest BCUT2D eigenvalue weighted by atomic mass is 19.1. The molecule has 1 aliphatic heterocycles. The number of likely N-dealkylation sites (tertiary alicyclic amines) is 1. The van der Waals surface area contributed by atoms with Crippen molar-refractivity contribution in [1.29, 1.82) is 0 Å². The maximum absolute atomic E-state index is 15.3. The van der Waals surface area contributed by atoms with E-state index < -0.39 is 5.82 Å². The number of benzene rings is 1. The van der Waals surface area contributed by atoms with Gasteiger partial charge in [0.05, 0.1) is 19.6 Å². The zero-order chi connectivity index (χ0) is 33.4. The number of carbonyl (C=O) groups excluding carboxylic acids is 3. The number of hydrogen-bond donors (Lipinski definition) is 2.